The Morgan fingerprint density at radius 1 is 1.53 bits per heavy atom. The van der Waals surface area contributed by atoms with Gasteiger partial charge in [0.05, 0.1) is 17.2 Å². The van der Waals surface area contributed by atoms with Gasteiger partial charge in [-0.2, -0.15) is 10.4 Å². The van der Waals surface area contributed by atoms with Gasteiger partial charge in [-0.15, -0.1) is 0 Å². The molecule has 4 heteroatoms. The lowest BCUT2D eigenvalue weighted by molar-refractivity contribution is 0.0182. The summed E-state index contributed by atoms with van der Waals surface area (Å²) in [6, 6.07) is 4.24. The Morgan fingerprint density at radius 2 is 2.21 bits per heavy atom. The van der Waals surface area contributed by atoms with Gasteiger partial charge in [-0.05, 0) is 44.6 Å². The van der Waals surface area contributed by atoms with Crippen LogP contribution >= 0.6 is 0 Å². The summed E-state index contributed by atoms with van der Waals surface area (Å²) in [6.07, 6.45) is 5.81. The number of aliphatic hydroxyl groups is 1. The van der Waals surface area contributed by atoms with Crippen molar-refractivity contribution in [3.63, 3.8) is 0 Å². The van der Waals surface area contributed by atoms with Crippen LogP contribution in [0.5, 0.6) is 0 Å². The van der Waals surface area contributed by atoms with Gasteiger partial charge in [0.2, 0.25) is 0 Å². The van der Waals surface area contributed by atoms with Crippen molar-refractivity contribution < 1.29 is 5.11 Å². The van der Waals surface area contributed by atoms with E-state index in [9.17, 15) is 10.4 Å². The topological polar surface area (TPSA) is 61.8 Å². The molecule has 0 aromatic carbocycles. The van der Waals surface area contributed by atoms with Crippen LogP contribution in [0.2, 0.25) is 0 Å². The molecule has 1 heterocycles. The number of aromatic nitrogens is 2. The Morgan fingerprint density at radius 3 is 2.74 bits per heavy atom. The molecule has 104 valence electrons. The summed E-state index contributed by atoms with van der Waals surface area (Å²) in [5.41, 5.74) is 0.150. The van der Waals surface area contributed by atoms with Crippen LogP contribution in [-0.2, 0) is 6.54 Å². The lowest BCUT2D eigenvalue weighted by Crippen LogP contribution is -2.33. The highest BCUT2D eigenvalue weighted by Gasteiger charge is 2.43. The van der Waals surface area contributed by atoms with Crippen LogP contribution in [0, 0.1) is 22.7 Å². The first-order valence-corrected chi connectivity index (χ1v) is 7.28. The van der Waals surface area contributed by atoms with Crippen LogP contribution in [-0.4, -0.2) is 14.9 Å². The van der Waals surface area contributed by atoms with E-state index in [0.717, 1.165) is 37.9 Å². The van der Waals surface area contributed by atoms with Crippen molar-refractivity contribution in [2.45, 2.75) is 58.6 Å². The highest BCUT2D eigenvalue weighted by atomic mass is 16.3. The van der Waals surface area contributed by atoms with Gasteiger partial charge in [0.25, 0.3) is 0 Å². The fourth-order valence-corrected chi connectivity index (χ4v) is 3.17. The maximum Gasteiger partial charge on any atom is 0.114 e. The molecule has 0 bridgehead atoms. The van der Waals surface area contributed by atoms with Gasteiger partial charge < -0.3 is 5.11 Å². The van der Waals surface area contributed by atoms with E-state index in [1.807, 2.05) is 13.0 Å². The fourth-order valence-electron chi connectivity index (χ4n) is 3.17. The van der Waals surface area contributed by atoms with Crippen LogP contribution < -0.4 is 0 Å². The molecule has 0 saturated heterocycles. The molecule has 0 radical (unpaired) electrons. The van der Waals surface area contributed by atoms with E-state index < -0.39 is 11.5 Å². The van der Waals surface area contributed by atoms with E-state index in [1.165, 1.54) is 6.42 Å². The van der Waals surface area contributed by atoms with E-state index in [4.69, 9.17) is 0 Å². The molecule has 1 unspecified atom stereocenters. The normalized spacial score (nSPS) is 28.8. The molecular weight excluding hydrogens is 238 g/mol. The average molecular weight is 261 g/mol. The molecule has 1 fully saturated rings. The smallest absolute Gasteiger partial charge is 0.114 e. The summed E-state index contributed by atoms with van der Waals surface area (Å²) in [7, 11) is 0. The highest BCUT2D eigenvalue weighted by Crippen LogP contribution is 2.47. The third kappa shape index (κ3) is 2.52. The van der Waals surface area contributed by atoms with Crippen LogP contribution in [0.4, 0.5) is 0 Å². The number of aryl methyl sites for hydroxylation is 1. The maximum absolute atomic E-state index is 10.7. The zero-order valence-corrected chi connectivity index (χ0v) is 11.8. The van der Waals surface area contributed by atoms with Gasteiger partial charge in [-0.25, -0.2) is 0 Å². The fraction of sp³-hybridized carbons (Fsp3) is 0.733. The standard InChI is InChI=1S/C15H23N3O/c1-3-12-5-8-15(11-16,9-6-12)14(19)13-7-10-17-18(13)4-2/h7,10,12,14,19H,3-6,8-9H2,1-2H3. The average Bonchev–Trinajstić information content (AvgIpc) is 2.94. The van der Waals surface area contributed by atoms with Crippen molar-refractivity contribution >= 4 is 0 Å². The van der Waals surface area contributed by atoms with Crippen molar-refractivity contribution in [3.05, 3.63) is 18.0 Å². The number of aliphatic hydroxyl groups excluding tert-OH is 1. The molecule has 4 nitrogen and oxygen atoms in total. The first-order valence-electron chi connectivity index (χ1n) is 7.28. The van der Waals surface area contributed by atoms with Crippen molar-refractivity contribution in [2.75, 3.05) is 0 Å². The van der Waals surface area contributed by atoms with E-state index in [1.54, 1.807) is 10.9 Å². The van der Waals surface area contributed by atoms with E-state index in [0.29, 0.717) is 5.92 Å². The quantitative estimate of drug-likeness (QED) is 0.906. The minimum atomic E-state index is -0.724. The van der Waals surface area contributed by atoms with E-state index >= 15 is 0 Å². The van der Waals surface area contributed by atoms with Crippen LogP contribution in [0.25, 0.3) is 0 Å². The summed E-state index contributed by atoms with van der Waals surface area (Å²) in [5.74, 6) is 0.713. The predicted octanol–water partition coefficient (Wildman–Crippen LogP) is 3.05. The summed E-state index contributed by atoms with van der Waals surface area (Å²) in [5, 5.41) is 24.5. The molecule has 1 aromatic heterocycles. The first-order chi connectivity index (χ1) is 9.16. The van der Waals surface area contributed by atoms with Crippen molar-refractivity contribution in [3.8, 4) is 6.07 Å². The molecule has 0 spiro atoms. The number of nitrogens with zero attached hydrogens (tertiary/aromatic N) is 3. The summed E-state index contributed by atoms with van der Waals surface area (Å²) >= 11 is 0. The summed E-state index contributed by atoms with van der Waals surface area (Å²) < 4.78 is 1.79. The third-order valence-corrected chi connectivity index (χ3v) is 4.65. The van der Waals surface area contributed by atoms with Crippen molar-refractivity contribution in [2.24, 2.45) is 11.3 Å². The Kier molecular flexibility index (Phi) is 4.26. The molecule has 1 saturated carbocycles. The lowest BCUT2D eigenvalue weighted by atomic mass is 9.67. The number of hydrogen-bond donors (Lipinski definition) is 1. The van der Waals surface area contributed by atoms with Gasteiger partial charge in [0.15, 0.2) is 0 Å². The predicted molar refractivity (Wildman–Crippen MR) is 73.2 cm³/mol. The Hall–Kier alpha value is -1.34. The summed E-state index contributed by atoms with van der Waals surface area (Å²) in [4.78, 5) is 0. The van der Waals surface area contributed by atoms with Crippen molar-refractivity contribution in [1.82, 2.24) is 9.78 Å². The van der Waals surface area contributed by atoms with Gasteiger partial charge >= 0.3 is 0 Å². The Labute approximate surface area is 115 Å². The molecule has 1 aromatic rings. The van der Waals surface area contributed by atoms with Crippen LogP contribution in [0.3, 0.4) is 0 Å². The lowest BCUT2D eigenvalue weighted by Gasteiger charge is -2.38. The van der Waals surface area contributed by atoms with Gasteiger partial charge in [0.1, 0.15) is 6.10 Å². The molecular formula is C15H23N3O. The largest absolute Gasteiger partial charge is 0.385 e. The van der Waals surface area contributed by atoms with Gasteiger partial charge in [-0.3, -0.25) is 4.68 Å². The first kappa shape index (κ1) is 14.1. The molecule has 0 aliphatic heterocycles. The minimum Gasteiger partial charge on any atom is -0.385 e. The summed E-state index contributed by atoms with van der Waals surface area (Å²) in [6.45, 7) is 4.92. The maximum atomic E-state index is 10.7. The second-order valence-corrected chi connectivity index (χ2v) is 5.59. The number of nitriles is 1. The Balaban J connectivity index is 2.21. The monoisotopic (exact) mass is 261 g/mol. The van der Waals surface area contributed by atoms with Crippen molar-refractivity contribution in [1.29, 1.82) is 5.26 Å². The SMILES string of the molecule is CCC1CCC(C#N)(C(O)c2ccnn2CC)CC1. The van der Waals surface area contributed by atoms with Crippen LogP contribution in [0.1, 0.15) is 57.7 Å². The zero-order valence-electron chi connectivity index (χ0n) is 11.8. The zero-order chi connectivity index (χ0) is 13.9. The second-order valence-electron chi connectivity index (χ2n) is 5.59. The van der Waals surface area contributed by atoms with Crippen LogP contribution in [0.15, 0.2) is 12.3 Å². The van der Waals surface area contributed by atoms with Gasteiger partial charge in [0, 0.05) is 12.7 Å². The van der Waals surface area contributed by atoms with Gasteiger partial charge in [-0.1, -0.05) is 13.3 Å². The number of hydrogen-bond acceptors (Lipinski definition) is 3. The van der Waals surface area contributed by atoms with E-state index in [-0.39, 0.29) is 0 Å². The minimum absolute atomic E-state index is 0.626. The third-order valence-electron chi connectivity index (χ3n) is 4.65. The molecule has 19 heavy (non-hydrogen) atoms. The molecule has 1 N–H and O–H groups in total. The van der Waals surface area contributed by atoms with E-state index in [2.05, 4.69) is 18.1 Å². The highest BCUT2D eigenvalue weighted by molar-refractivity contribution is 5.16. The molecule has 1 aliphatic carbocycles. The second kappa shape index (κ2) is 5.75. The molecule has 0 amide bonds. The molecule has 2 rings (SSSR count). The molecule has 1 atom stereocenters. The Bertz CT molecular complexity index is 452. The molecule has 1 aliphatic rings. The number of rotatable bonds is 4.